The number of rotatable bonds is 5. The van der Waals surface area contributed by atoms with E-state index in [0.717, 1.165) is 24.3 Å². The van der Waals surface area contributed by atoms with Crippen LogP contribution >= 0.6 is 0 Å². The van der Waals surface area contributed by atoms with Crippen molar-refractivity contribution in [3.8, 4) is 11.5 Å². The molecular formula is C23H31NO4. The van der Waals surface area contributed by atoms with Gasteiger partial charge in [-0.25, -0.2) is 0 Å². The first-order chi connectivity index (χ1) is 13.3. The average Bonchev–Trinajstić information content (AvgIpc) is 3.01. The summed E-state index contributed by atoms with van der Waals surface area (Å²) in [6, 6.07) is 6.16. The summed E-state index contributed by atoms with van der Waals surface area (Å²) in [4.78, 5) is 13.0. The van der Waals surface area contributed by atoms with Crippen LogP contribution in [0.2, 0.25) is 0 Å². The lowest BCUT2D eigenvalue weighted by Crippen LogP contribution is -2.45. The monoisotopic (exact) mass is 385 g/mol. The normalized spacial score (nSPS) is 26.4. The van der Waals surface area contributed by atoms with Gasteiger partial charge in [-0.1, -0.05) is 31.6 Å². The van der Waals surface area contributed by atoms with Crippen molar-refractivity contribution >= 4 is 5.91 Å². The second-order valence-electron chi connectivity index (χ2n) is 9.25. The van der Waals surface area contributed by atoms with Crippen molar-refractivity contribution in [1.82, 2.24) is 5.32 Å². The van der Waals surface area contributed by atoms with E-state index in [2.05, 4.69) is 51.2 Å². The molecule has 1 aromatic rings. The quantitative estimate of drug-likeness (QED) is 0.783. The van der Waals surface area contributed by atoms with Gasteiger partial charge in [-0.3, -0.25) is 4.79 Å². The predicted molar refractivity (Wildman–Crippen MR) is 107 cm³/mol. The van der Waals surface area contributed by atoms with E-state index in [1.807, 2.05) is 6.07 Å². The molecule has 152 valence electrons. The van der Waals surface area contributed by atoms with Crippen molar-refractivity contribution in [1.29, 1.82) is 0 Å². The lowest BCUT2D eigenvalue weighted by Gasteiger charge is -2.38. The van der Waals surface area contributed by atoms with Gasteiger partial charge in [0.2, 0.25) is 12.7 Å². The van der Waals surface area contributed by atoms with Gasteiger partial charge in [-0.15, -0.1) is 0 Å². The number of carbonyl (C=O) groups excluding carboxylic acids is 1. The molecule has 2 fully saturated rings. The van der Waals surface area contributed by atoms with Crippen LogP contribution in [0.15, 0.2) is 29.8 Å². The lowest BCUT2D eigenvalue weighted by molar-refractivity contribution is -0.123. The Balaban J connectivity index is 1.50. The number of hydrogen-bond donors (Lipinski definition) is 1. The minimum atomic E-state index is -0.125. The zero-order valence-corrected chi connectivity index (χ0v) is 17.3. The first-order valence-corrected chi connectivity index (χ1v) is 10.2. The maximum Gasteiger partial charge on any atom is 0.231 e. The Kier molecular flexibility index (Phi) is 4.90. The van der Waals surface area contributed by atoms with Crippen LogP contribution in [0, 0.1) is 17.3 Å². The summed E-state index contributed by atoms with van der Waals surface area (Å²) in [6.45, 7) is 10.9. The zero-order chi connectivity index (χ0) is 19.9. The van der Waals surface area contributed by atoms with Crippen LogP contribution < -0.4 is 14.8 Å². The molecule has 0 bridgehead atoms. The molecule has 1 aromatic carbocycles. The number of hydrogen-bond acceptors (Lipinski definition) is 4. The number of ether oxygens (including phenoxy) is 3. The van der Waals surface area contributed by atoms with Crippen LogP contribution in [-0.4, -0.2) is 32.5 Å². The first-order valence-electron chi connectivity index (χ1n) is 10.2. The van der Waals surface area contributed by atoms with E-state index in [9.17, 15) is 4.79 Å². The summed E-state index contributed by atoms with van der Waals surface area (Å²) in [5.41, 5.74) is 2.37. The van der Waals surface area contributed by atoms with Gasteiger partial charge in [0.15, 0.2) is 11.5 Å². The molecule has 28 heavy (non-hydrogen) atoms. The highest BCUT2D eigenvalue weighted by Crippen LogP contribution is 2.59. The fraction of sp³-hybridized carbons (Fsp3) is 0.609. The molecule has 5 heteroatoms. The lowest BCUT2D eigenvalue weighted by atomic mass is 9.74. The molecule has 1 aliphatic carbocycles. The van der Waals surface area contributed by atoms with Crippen LogP contribution in [0.3, 0.4) is 0 Å². The van der Waals surface area contributed by atoms with Crippen molar-refractivity contribution in [2.24, 2.45) is 17.3 Å². The molecule has 1 saturated heterocycles. The largest absolute Gasteiger partial charge is 0.454 e. The third kappa shape index (κ3) is 3.41. The molecule has 2 unspecified atom stereocenters. The van der Waals surface area contributed by atoms with E-state index in [1.165, 1.54) is 11.1 Å². The third-order valence-corrected chi connectivity index (χ3v) is 6.74. The van der Waals surface area contributed by atoms with Crippen LogP contribution in [0.5, 0.6) is 11.5 Å². The summed E-state index contributed by atoms with van der Waals surface area (Å²) in [5, 5.41) is 3.28. The van der Waals surface area contributed by atoms with Gasteiger partial charge in [0.05, 0.1) is 5.92 Å². The van der Waals surface area contributed by atoms with Gasteiger partial charge in [0, 0.05) is 25.2 Å². The van der Waals surface area contributed by atoms with Gasteiger partial charge < -0.3 is 19.5 Å². The van der Waals surface area contributed by atoms with Crippen molar-refractivity contribution in [3.05, 3.63) is 35.4 Å². The van der Waals surface area contributed by atoms with Gasteiger partial charge >= 0.3 is 0 Å². The molecule has 3 aliphatic rings. The van der Waals surface area contributed by atoms with Crippen molar-refractivity contribution in [2.75, 3.05) is 26.6 Å². The highest BCUT2D eigenvalue weighted by atomic mass is 16.7. The summed E-state index contributed by atoms with van der Waals surface area (Å²) < 4.78 is 16.7. The molecule has 2 atom stereocenters. The molecule has 5 nitrogen and oxygen atoms in total. The minimum absolute atomic E-state index is 0.0307. The SMILES string of the molecule is CC(C)=CC1C(C(=O)NCC2(c3ccc4c(c3)OCO4)CCOCC2)C1(C)C. The molecule has 2 heterocycles. The maximum atomic E-state index is 13.0. The molecule has 1 saturated carbocycles. The smallest absolute Gasteiger partial charge is 0.231 e. The van der Waals surface area contributed by atoms with Crippen molar-refractivity contribution in [2.45, 2.75) is 46.0 Å². The van der Waals surface area contributed by atoms with E-state index in [4.69, 9.17) is 14.2 Å². The van der Waals surface area contributed by atoms with Crippen LogP contribution in [0.25, 0.3) is 0 Å². The fourth-order valence-electron chi connectivity index (χ4n) is 4.77. The summed E-state index contributed by atoms with van der Waals surface area (Å²) in [6.07, 6.45) is 4.02. The van der Waals surface area contributed by atoms with Gasteiger partial charge in [-0.2, -0.15) is 0 Å². The van der Waals surface area contributed by atoms with Gasteiger partial charge in [-0.05, 0) is 55.7 Å². The van der Waals surface area contributed by atoms with Gasteiger partial charge in [0.25, 0.3) is 0 Å². The highest BCUT2D eigenvalue weighted by molar-refractivity contribution is 5.83. The molecule has 0 radical (unpaired) electrons. The minimum Gasteiger partial charge on any atom is -0.454 e. The number of carbonyl (C=O) groups is 1. The molecule has 2 aliphatic heterocycles. The Hall–Kier alpha value is -2.01. The fourth-order valence-corrected chi connectivity index (χ4v) is 4.77. The molecule has 1 N–H and O–H groups in total. The number of amides is 1. The number of nitrogens with one attached hydrogen (secondary N) is 1. The van der Waals surface area contributed by atoms with Crippen LogP contribution in [0.4, 0.5) is 0 Å². The van der Waals surface area contributed by atoms with Crippen LogP contribution in [0.1, 0.15) is 46.1 Å². The Bertz CT molecular complexity index is 788. The van der Waals surface area contributed by atoms with E-state index in [-0.39, 0.29) is 29.4 Å². The summed E-state index contributed by atoms with van der Waals surface area (Å²) in [5.74, 6) is 2.13. The molecule has 4 rings (SSSR count). The first kappa shape index (κ1) is 19.3. The topological polar surface area (TPSA) is 56.8 Å². The second-order valence-corrected chi connectivity index (χ2v) is 9.25. The third-order valence-electron chi connectivity index (χ3n) is 6.74. The molecule has 0 spiro atoms. The molecule has 0 aromatic heterocycles. The van der Waals surface area contributed by atoms with Crippen LogP contribution in [-0.2, 0) is 14.9 Å². The van der Waals surface area contributed by atoms with Crippen molar-refractivity contribution < 1.29 is 19.0 Å². The average molecular weight is 386 g/mol. The molecular weight excluding hydrogens is 354 g/mol. The summed E-state index contributed by atoms with van der Waals surface area (Å²) in [7, 11) is 0. The van der Waals surface area contributed by atoms with Crippen molar-refractivity contribution in [3.63, 3.8) is 0 Å². The van der Waals surface area contributed by atoms with E-state index in [0.29, 0.717) is 25.7 Å². The summed E-state index contributed by atoms with van der Waals surface area (Å²) >= 11 is 0. The zero-order valence-electron chi connectivity index (χ0n) is 17.3. The Labute approximate surface area is 167 Å². The maximum absolute atomic E-state index is 13.0. The van der Waals surface area contributed by atoms with E-state index in [1.54, 1.807) is 0 Å². The number of fused-ring (bicyclic) bond motifs is 1. The highest BCUT2D eigenvalue weighted by Gasteiger charge is 2.60. The standard InChI is InChI=1S/C23H31NO4/c1-15(2)11-17-20(22(17,3)4)21(25)24-13-23(7-9-26-10-8-23)16-5-6-18-19(12-16)28-14-27-18/h5-6,11-12,17,20H,7-10,13-14H2,1-4H3,(H,24,25). The Morgan fingerprint density at radius 3 is 2.61 bits per heavy atom. The van der Waals surface area contributed by atoms with E-state index < -0.39 is 0 Å². The Morgan fingerprint density at radius 2 is 1.89 bits per heavy atom. The second kappa shape index (κ2) is 7.11. The number of allylic oxidation sites excluding steroid dienone is 2. The number of benzene rings is 1. The van der Waals surface area contributed by atoms with Gasteiger partial charge in [0.1, 0.15) is 0 Å². The predicted octanol–water partition coefficient (Wildman–Crippen LogP) is 3.82. The van der Waals surface area contributed by atoms with E-state index >= 15 is 0 Å². The Morgan fingerprint density at radius 1 is 1.18 bits per heavy atom. The molecule has 1 amide bonds.